The van der Waals surface area contributed by atoms with Crippen LogP contribution >= 0.6 is 0 Å². The fraction of sp³-hybridized carbons (Fsp3) is 0. The van der Waals surface area contributed by atoms with Crippen LogP contribution in [0, 0.1) is 0 Å². The van der Waals surface area contributed by atoms with Crippen molar-refractivity contribution in [2.45, 2.75) is 0 Å². The van der Waals surface area contributed by atoms with Gasteiger partial charge in [-0.2, -0.15) is 0 Å². The van der Waals surface area contributed by atoms with E-state index in [9.17, 15) is 0 Å². The Labute approximate surface area is 295 Å². The van der Waals surface area contributed by atoms with Crippen molar-refractivity contribution in [1.82, 2.24) is 19.5 Å². The van der Waals surface area contributed by atoms with Crippen LogP contribution in [0.5, 0.6) is 0 Å². The van der Waals surface area contributed by atoms with Crippen molar-refractivity contribution in [3.8, 4) is 50.8 Å². The number of aromatic nitrogens is 4. The quantitative estimate of drug-likeness (QED) is 0.174. The highest BCUT2D eigenvalue weighted by Gasteiger charge is 2.21. The third-order valence-electron chi connectivity index (χ3n) is 9.76. The molecule has 238 valence electrons. The van der Waals surface area contributed by atoms with Crippen molar-refractivity contribution in [2.75, 3.05) is 0 Å². The van der Waals surface area contributed by atoms with Gasteiger partial charge >= 0.3 is 0 Å². The maximum atomic E-state index is 5.41. The molecule has 3 heterocycles. The first kappa shape index (κ1) is 29.0. The largest absolute Gasteiger partial charge is 0.307 e. The lowest BCUT2D eigenvalue weighted by molar-refractivity contribution is 1.16. The lowest BCUT2D eigenvalue weighted by Crippen LogP contribution is -1.99. The minimum Gasteiger partial charge on any atom is -0.307 e. The summed E-state index contributed by atoms with van der Waals surface area (Å²) in [6.07, 6.45) is 0. The molecular weight excluding hydrogens is 621 g/mol. The van der Waals surface area contributed by atoms with E-state index < -0.39 is 0 Å². The van der Waals surface area contributed by atoms with Crippen LogP contribution in [-0.4, -0.2) is 19.5 Å². The van der Waals surface area contributed by atoms with Gasteiger partial charge < -0.3 is 4.57 Å². The molecular formula is C47H30N4. The van der Waals surface area contributed by atoms with Crippen LogP contribution in [0.4, 0.5) is 0 Å². The zero-order valence-corrected chi connectivity index (χ0v) is 27.6. The van der Waals surface area contributed by atoms with E-state index >= 15 is 0 Å². The molecule has 0 amide bonds. The molecule has 0 aliphatic carbocycles. The summed E-state index contributed by atoms with van der Waals surface area (Å²) in [5.74, 6) is 0.705. The first-order valence-electron chi connectivity index (χ1n) is 17.2. The second kappa shape index (κ2) is 11.9. The van der Waals surface area contributed by atoms with Gasteiger partial charge in [0.05, 0.1) is 33.6 Å². The van der Waals surface area contributed by atoms with Gasteiger partial charge in [-0.15, -0.1) is 0 Å². The number of hydrogen-bond donors (Lipinski definition) is 0. The Kier molecular flexibility index (Phi) is 6.78. The number of fused-ring (bicyclic) bond motifs is 6. The number of para-hydroxylation sites is 1. The van der Waals surface area contributed by atoms with Crippen LogP contribution in [0.25, 0.3) is 94.3 Å². The number of benzene rings is 7. The second-order valence-corrected chi connectivity index (χ2v) is 12.9. The average Bonchev–Trinajstić information content (AvgIpc) is 3.56. The molecule has 4 heteroatoms. The topological polar surface area (TPSA) is 43.6 Å². The van der Waals surface area contributed by atoms with Gasteiger partial charge in [0.25, 0.3) is 0 Å². The molecule has 0 aliphatic heterocycles. The molecule has 4 nitrogen and oxygen atoms in total. The predicted molar refractivity (Wildman–Crippen MR) is 211 cm³/mol. The van der Waals surface area contributed by atoms with E-state index in [0.29, 0.717) is 5.82 Å². The molecule has 0 spiro atoms. The normalized spacial score (nSPS) is 11.5. The van der Waals surface area contributed by atoms with E-state index in [0.717, 1.165) is 67.0 Å². The van der Waals surface area contributed by atoms with Crippen LogP contribution in [0.2, 0.25) is 0 Å². The van der Waals surface area contributed by atoms with Crippen molar-refractivity contribution >= 4 is 43.5 Å². The lowest BCUT2D eigenvalue weighted by Gasteiger charge is -2.14. The number of nitrogens with zero attached hydrogens (tertiary/aromatic N) is 4. The van der Waals surface area contributed by atoms with Gasteiger partial charge in [-0.1, -0.05) is 146 Å². The van der Waals surface area contributed by atoms with Crippen molar-refractivity contribution in [3.63, 3.8) is 0 Å². The molecule has 0 saturated carbocycles. The smallest absolute Gasteiger partial charge is 0.160 e. The maximum absolute atomic E-state index is 5.41. The van der Waals surface area contributed by atoms with Crippen molar-refractivity contribution < 1.29 is 0 Å². The molecule has 0 bridgehead atoms. The molecule has 0 saturated heterocycles. The Balaban J connectivity index is 1.21. The van der Waals surface area contributed by atoms with Gasteiger partial charge in [0.15, 0.2) is 5.82 Å². The minimum absolute atomic E-state index is 0.705. The summed E-state index contributed by atoms with van der Waals surface area (Å²) in [6.45, 7) is 0. The van der Waals surface area contributed by atoms with E-state index in [1.807, 2.05) is 36.4 Å². The number of pyridine rings is 1. The molecule has 10 rings (SSSR count). The molecule has 0 atom stereocenters. The molecule has 0 radical (unpaired) electrons. The highest BCUT2D eigenvalue weighted by molar-refractivity contribution is 6.25. The van der Waals surface area contributed by atoms with Gasteiger partial charge in [-0.25, -0.2) is 15.0 Å². The first-order chi connectivity index (χ1) is 25.3. The summed E-state index contributed by atoms with van der Waals surface area (Å²) in [5.41, 5.74) is 11.2. The van der Waals surface area contributed by atoms with Gasteiger partial charge in [0.2, 0.25) is 0 Å². The Hall–Kier alpha value is -6.91. The summed E-state index contributed by atoms with van der Waals surface area (Å²) >= 11 is 0. The zero-order valence-electron chi connectivity index (χ0n) is 27.6. The molecule has 3 aromatic heterocycles. The van der Waals surface area contributed by atoms with Crippen molar-refractivity contribution in [3.05, 3.63) is 182 Å². The maximum Gasteiger partial charge on any atom is 0.160 e. The Morgan fingerprint density at radius 2 is 0.941 bits per heavy atom. The summed E-state index contributed by atoms with van der Waals surface area (Å²) in [6, 6.07) is 63.7. The third-order valence-corrected chi connectivity index (χ3v) is 9.76. The summed E-state index contributed by atoms with van der Waals surface area (Å²) in [7, 11) is 0. The van der Waals surface area contributed by atoms with E-state index in [4.69, 9.17) is 15.0 Å². The van der Waals surface area contributed by atoms with Crippen LogP contribution in [0.3, 0.4) is 0 Å². The summed E-state index contributed by atoms with van der Waals surface area (Å²) < 4.78 is 2.38. The fourth-order valence-electron chi connectivity index (χ4n) is 7.35. The summed E-state index contributed by atoms with van der Waals surface area (Å²) in [5, 5.41) is 5.95. The lowest BCUT2D eigenvalue weighted by atomic mass is 10.00. The van der Waals surface area contributed by atoms with Gasteiger partial charge in [0.1, 0.15) is 0 Å². The first-order valence-corrected chi connectivity index (χ1v) is 17.2. The monoisotopic (exact) mass is 650 g/mol. The molecule has 7 aromatic carbocycles. The van der Waals surface area contributed by atoms with Crippen LogP contribution in [0.1, 0.15) is 0 Å². The van der Waals surface area contributed by atoms with Gasteiger partial charge in [-0.05, 0) is 47.2 Å². The van der Waals surface area contributed by atoms with Crippen molar-refractivity contribution in [2.24, 2.45) is 0 Å². The second-order valence-electron chi connectivity index (χ2n) is 12.9. The fourth-order valence-corrected chi connectivity index (χ4v) is 7.35. The van der Waals surface area contributed by atoms with Gasteiger partial charge in [-0.3, -0.25) is 0 Å². The van der Waals surface area contributed by atoms with E-state index in [1.165, 1.54) is 21.5 Å². The minimum atomic E-state index is 0.705. The molecule has 0 fully saturated rings. The van der Waals surface area contributed by atoms with E-state index in [1.54, 1.807) is 0 Å². The van der Waals surface area contributed by atoms with Crippen molar-refractivity contribution in [1.29, 1.82) is 0 Å². The van der Waals surface area contributed by atoms with Crippen LogP contribution in [0.15, 0.2) is 182 Å². The molecule has 51 heavy (non-hydrogen) atoms. The standard InChI is InChI=1S/C47H30N4/c1-4-14-31(15-5-1)40-30-41(50-47(49-40)34-18-8-3-9-19-34)32-24-26-37(27-25-32)51-43-23-13-12-22-38(43)44-39-28-35-20-10-11-21-36(35)29-42(39)48-45(46(44)51)33-16-6-2-7-17-33/h1-30H. The van der Waals surface area contributed by atoms with Gasteiger partial charge in [0, 0.05) is 44.1 Å². The molecule has 0 aliphatic rings. The summed E-state index contributed by atoms with van der Waals surface area (Å²) in [4.78, 5) is 15.5. The number of hydrogen-bond acceptors (Lipinski definition) is 3. The zero-order chi connectivity index (χ0) is 33.7. The third kappa shape index (κ3) is 4.96. The van der Waals surface area contributed by atoms with E-state index in [-0.39, 0.29) is 0 Å². The predicted octanol–water partition coefficient (Wildman–Crippen LogP) is 11.9. The number of rotatable bonds is 5. The highest BCUT2D eigenvalue weighted by Crippen LogP contribution is 2.42. The van der Waals surface area contributed by atoms with E-state index in [2.05, 4.69) is 150 Å². The average molecular weight is 651 g/mol. The SMILES string of the molecule is c1ccc(-c2cc(-c3ccc(-n4c5ccccc5c5c6cc7ccccc7cc6nc(-c6ccccc6)c54)cc3)nc(-c3ccccc3)n2)cc1. The van der Waals surface area contributed by atoms with Crippen LogP contribution in [-0.2, 0) is 0 Å². The molecule has 10 aromatic rings. The molecule has 0 N–H and O–H groups in total. The Bertz CT molecular complexity index is 2820. The molecule has 0 unspecified atom stereocenters. The highest BCUT2D eigenvalue weighted by atomic mass is 15.0. The Morgan fingerprint density at radius 3 is 1.63 bits per heavy atom. The van der Waals surface area contributed by atoms with Crippen LogP contribution < -0.4 is 0 Å². The Morgan fingerprint density at radius 1 is 0.392 bits per heavy atom.